The largest absolute Gasteiger partial charge is 0.398 e. The summed E-state index contributed by atoms with van der Waals surface area (Å²) in [5.74, 6) is 0. The molecule has 0 radical (unpaired) electrons. The summed E-state index contributed by atoms with van der Waals surface area (Å²) >= 11 is 0. The van der Waals surface area contributed by atoms with E-state index in [2.05, 4.69) is 5.32 Å². The van der Waals surface area contributed by atoms with Crippen LogP contribution < -0.4 is 15.8 Å². The monoisotopic (exact) mass is 271 g/mol. The van der Waals surface area contributed by atoms with Crippen LogP contribution >= 0.6 is 0 Å². The predicted octanol–water partition coefficient (Wildman–Crippen LogP) is 0.893. The maximum Gasteiger partial charge on any atom is 0.328 e. The number of hydrogen-bond acceptors (Lipinski definition) is 4. The van der Waals surface area contributed by atoms with E-state index < -0.39 is 16.1 Å². The first-order valence-corrected chi connectivity index (χ1v) is 6.93. The molecule has 1 rings (SSSR count). The van der Waals surface area contributed by atoms with Crippen molar-refractivity contribution in [2.45, 2.75) is 25.7 Å². The summed E-state index contributed by atoms with van der Waals surface area (Å²) in [6.07, 6.45) is 0. The molecule has 0 spiro atoms. The topological polar surface area (TPSA) is 101 Å². The molecule has 18 heavy (non-hydrogen) atoms. The van der Waals surface area contributed by atoms with Gasteiger partial charge in [-0.05, 0) is 44.0 Å². The third-order valence-electron chi connectivity index (χ3n) is 2.40. The highest BCUT2D eigenvalue weighted by Crippen LogP contribution is 2.22. The van der Waals surface area contributed by atoms with Crippen LogP contribution in [0.25, 0.3) is 0 Å². The number of carbonyl (C=O) groups is 1. The van der Waals surface area contributed by atoms with E-state index in [0.29, 0.717) is 17.8 Å². The highest BCUT2D eigenvalue weighted by molar-refractivity contribution is 7.90. The second-order valence-corrected chi connectivity index (χ2v) is 5.59. The summed E-state index contributed by atoms with van der Waals surface area (Å²) in [4.78, 5) is 11.3. The van der Waals surface area contributed by atoms with Crippen molar-refractivity contribution in [1.29, 1.82) is 0 Å². The fourth-order valence-electron chi connectivity index (χ4n) is 1.51. The van der Waals surface area contributed by atoms with Gasteiger partial charge in [-0.25, -0.2) is 17.9 Å². The number of amides is 2. The Morgan fingerprint density at radius 1 is 1.33 bits per heavy atom. The van der Waals surface area contributed by atoms with Gasteiger partial charge in [0.05, 0.1) is 4.90 Å². The third kappa shape index (κ3) is 3.13. The Morgan fingerprint density at radius 2 is 1.94 bits per heavy atom. The number of anilines is 1. The molecule has 7 heteroatoms. The Kier molecular flexibility index (Phi) is 4.18. The zero-order chi connectivity index (χ0) is 13.9. The van der Waals surface area contributed by atoms with Crippen LogP contribution in [0.2, 0.25) is 0 Å². The first-order chi connectivity index (χ1) is 8.27. The molecule has 4 N–H and O–H groups in total. The van der Waals surface area contributed by atoms with Crippen LogP contribution in [-0.4, -0.2) is 21.0 Å². The molecule has 0 aliphatic rings. The standard InChI is InChI=1S/C11H17N3O3S/c1-4-13-11(15)14-18(16,17)10-6-7(2)5-9(12)8(10)3/h5-6H,4,12H2,1-3H3,(H2,13,14,15). The molecule has 0 unspecified atom stereocenters. The summed E-state index contributed by atoms with van der Waals surface area (Å²) in [6.45, 7) is 5.38. The van der Waals surface area contributed by atoms with Crippen LogP contribution in [0.4, 0.5) is 10.5 Å². The van der Waals surface area contributed by atoms with Gasteiger partial charge in [0, 0.05) is 12.2 Å². The second-order valence-electron chi connectivity index (χ2n) is 3.94. The van der Waals surface area contributed by atoms with Gasteiger partial charge >= 0.3 is 6.03 Å². The number of carbonyl (C=O) groups excluding carboxylic acids is 1. The zero-order valence-electron chi connectivity index (χ0n) is 10.6. The summed E-state index contributed by atoms with van der Waals surface area (Å²) < 4.78 is 26.0. The molecule has 0 atom stereocenters. The lowest BCUT2D eigenvalue weighted by Crippen LogP contribution is -2.39. The molecule has 100 valence electrons. The molecule has 0 aromatic heterocycles. The van der Waals surface area contributed by atoms with Crippen LogP contribution in [0.3, 0.4) is 0 Å². The number of sulfonamides is 1. The van der Waals surface area contributed by atoms with Crippen molar-refractivity contribution in [2.24, 2.45) is 0 Å². The number of nitrogens with two attached hydrogens (primary N) is 1. The molecule has 0 aliphatic heterocycles. The van der Waals surface area contributed by atoms with Crippen molar-refractivity contribution in [3.63, 3.8) is 0 Å². The molecule has 0 bridgehead atoms. The van der Waals surface area contributed by atoms with Gasteiger partial charge in [-0.2, -0.15) is 0 Å². The van der Waals surface area contributed by atoms with Gasteiger partial charge in [-0.1, -0.05) is 0 Å². The highest BCUT2D eigenvalue weighted by Gasteiger charge is 2.20. The van der Waals surface area contributed by atoms with E-state index in [1.807, 2.05) is 4.72 Å². The first kappa shape index (κ1) is 14.3. The zero-order valence-corrected chi connectivity index (χ0v) is 11.4. The Bertz CT molecular complexity index is 567. The highest BCUT2D eigenvalue weighted by atomic mass is 32.2. The summed E-state index contributed by atoms with van der Waals surface area (Å²) in [5.41, 5.74) is 7.24. The molecule has 0 fully saturated rings. The minimum absolute atomic E-state index is 0.0197. The van der Waals surface area contributed by atoms with Crippen LogP contribution in [0.15, 0.2) is 17.0 Å². The smallest absolute Gasteiger partial charge is 0.328 e. The number of hydrogen-bond donors (Lipinski definition) is 3. The molecule has 0 aliphatic carbocycles. The minimum Gasteiger partial charge on any atom is -0.398 e. The molecular weight excluding hydrogens is 254 g/mol. The molecule has 2 amide bonds. The summed E-state index contributed by atoms with van der Waals surface area (Å²) in [6, 6.07) is 2.41. The number of rotatable bonds is 3. The average molecular weight is 271 g/mol. The first-order valence-electron chi connectivity index (χ1n) is 5.45. The normalized spacial score (nSPS) is 11.1. The fourth-order valence-corrected chi connectivity index (χ4v) is 2.79. The number of nitrogens with one attached hydrogen (secondary N) is 2. The van der Waals surface area contributed by atoms with Crippen LogP contribution in [0.5, 0.6) is 0 Å². The van der Waals surface area contributed by atoms with Crippen molar-refractivity contribution in [3.05, 3.63) is 23.3 Å². The predicted molar refractivity (Wildman–Crippen MR) is 69.7 cm³/mol. The van der Waals surface area contributed by atoms with Crippen molar-refractivity contribution >= 4 is 21.7 Å². The summed E-state index contributed by atoms with van der Waals surface area (Å²) in [7, 11) is -3.90. The van der Waals surface area contributed by atoms with Crippen LogP contribution in [0, 0.1) is 13.8 Å². The fraction of sp³-hybridized carbons (Fsp3) is 0.364. The van der Waals surface area contributed by atoms with Crippen molar-refractivity contribution in [1.82, 2.24) is 10.0 Å². The van der Waals surface area contributed by atoms with E-state index in [1.54, 1.807) is 26.8 Å². The maximum atomic E-state index is 12.0. The molecule has 1 aromatic rings. The van der Waals surface area contributed by atoms with E-state index in [1.165, 1.54) is 6.07 Å². The number of nitrogen functional groups attached to an aromatic ring is 1. The van der Waals surface area contributed by atoms with E-state index in [4.69, 9.17) is 5.73 Å². The van der Waals surface area contributed by atoms with Crippen LogP contribution in [-0.2, 0) is 10.0 Å². The van der Waals surface area contributed by atoms with Crippen molar-refractivity contribution in [3.8, 4) is 0 Å². The Hall–Kier alpha value is -1.76. The minimum atomic E-state index is -3.90. The van der Waals surface area contributed by atoms with Gasteiger partial charge in [0.15, 0.2) is 0 Å². The Balaban J connectivity index is 3.17. The Morgan fingerprint density at radius 3 is 2.50 bits per heavy atom. The van der Waals surface area contributed by atoms with E-state index >= 15 is 0 Å². The van der Waals surface area contributed by atoms with E-state index in [9.17, 15) is 13.2 Å². The van der Waals surface area contributed by atoms with Gasteiger partial charge in [-0.3, -0.25) is 0 Å². The van der Waals surface area contributed by atoms with Gasteiger partial charge in [0.1, 0.15) is 0 Å². The number of aryl methyl sites for hydroxylation is 1. The van der Waals surface area contributed by atoms with E-state index in [0.717, 1.165) is 5.56 Å². The third-order valence-corrected chi connectivity index (χ3v) is 3.86. The molecule has 0 saturated carbocycles. The molecule has 0 heterocycles. The molecule has 1 aromatic carbocycles. The lowest BCUT2D eigenvalue weighted by molar-refractivity contribution is 0.246. The number of benzene rings is 1. The second kappa shape index (κ2) is 5.26. The van der Waals surface area contributed by atoms with Crippen molar-refractivity contribution in [2.75, 3.05) is 12.3 Å². The van der Waals surface area contributed by atoms with Gasteiger partial charge < -0.3 is 11.1 Å². The van der Waals surface area contributed by atoms with Crippen molar-refractivity contribution < 1.29 is 13.2 Å². The average Bonchev–Trinajstić information content (AvgIpc) is 2.22. The lowest BCUT2D eigenvalue weighted by atomic mass is 10.1. The summed E-state index contributed by atoms with van der Waals surface area (Å²) in [5, 5.41) is 2.36. The van der Waals surface area contributed by atoms with Gasteiger partial charge in [0.25, 0.3) is 10.0 Å². The molecular formula is C11H17N3O3S. The SMILES string of the molecule is CCNC(=O)NS(=O)(=O)c1cc(C)cc(N)c1C. The van der Waals surface area contributed by atoms with Gasteiger partial charge in [-0.15, -0.1) is 0 Å². The van der Waals surface area contributed by atoms with Gasteiger partial charge in [0.2, 0.25) is 0 Å². The lowest BCUT2D eigenvalue weighted by Gasteiger charge is -2.12. The quantitative estimate of drug-likeness (QED) is 0.711. The van der Waals surface area contributed by atoms with E-state index in [-0.39, 0.29) is 4.90 Å². The Labute approximate surface area is 107 Å². The molecule has 0 saturated heterocycles. The van der Waals surface area contributed by atoms with Crippen LogP contribution in [0.1, 0.15) is 18.1 Å². The maximum absolute atomic E-state index is 12.0. The number of urea groups is 1. The molecule has 6 nitrogen and oxygen atoms in total.